The Morgan fingerprint density at radius 3 is 2.82 bits per heavy atom. The van der Waals surface area contributed by atoms with Crippen molar-refractivity contribution in [1.29, 1.82) is 0 Å². The van der Waals surface area contributed by atoms with Crippen molar-refractivity contribution in [3.63, 3.8) is 0 Å². The molecule has 0 spiro atoms. The van der Waals surface area contributed by atoms with E-state index in [2.05, 4.69) is 31.0 Å². The monoisotopic (exact) mass is 242 g/mol. The average molecular weight is 242 g/mol. The molecule has 1 saturated heterocycles. The van der Waals surface area contributed by atoms with E-state index in [-0.39, 0.29) is 0 Å². The molecule has 0 aromatic rings. The zero-order valence-electron chi connectivity index (χ0n) is 11.9. The number of hydrogen-bond donors (Lipinski definition) is 1. The third-order valence-corrected chi connectivity index (χ3v) is 3.75. The minimum atomic E-state index is 0.292. The lowest BCUT2D eigenvalue weighted by molar-refractivity contribution is 0.0949. The smallest absolute Gasteiger partial charge is 0.0593 e. The molecule has 0 radical (unpaired) electrons. The number of rotatable bonds is 7. The van der Waals surface area contributed by atoms with Crippen LogP contribution in [-0.2, 0) is 4.74 Å². The van der Waals surface area contributed by atoms with Crippen molar-refractivity contribution in [2.75, 3.05) is 39.4 Å². The van der Waals surface area contributed by atoms with Gasteiger partial charge in [-0.05, 0) is 39.3 Å². The van der Waals surface area contributed by atoms with Crippen LogP contribution >= 0.6 is 0 Å². The van der Waals surface area contributed by atoms with Crippen LogP contribution in [0.3, 0.4) is 0 Å². The SMILES string of the molecule is CCCCOCCN1CCCNC(C)(CC)C1. The molecule has 1 aliphatic heterocycles. The number of hydrogen-bond acceptors (Lipinski definition) is 3. The van der Waals surface area contributed by atoms with Crippen LogP contribution < -0.4 is 5.32 Å². The van der Waals surface area contributed by atoms with Crippen molar-refractivity contribution < 1.29 is 4.74 Å². The summed E-state index contributed by atoms with van der Waals surface area (Å²) in [6.45, 7) is 13.2. The van der Waals surface area contributed by atoms with Crippen LogP contribution in [0.25, 0.3) is 0 Å². The zero-order valence-corrected chi connectivity index (χ0v) is 11.9. The first kappa shape index (κ1) is 14.9. The summed E-state index contributed by atoms with van der Waals surface area (Å²) in [5.74, 6) is 0. The van der Waals surface area contributed by atoms with Gasteiger partial charge in [-0.2, -0.15) is 0 Å². The third-order valence-electron chi connectivity index (χ3n) is 3.75. The van der Waals surface area contributed by atoms with Crippen LogP contribution in [0.4, 0.5) is 0 Å². The van der Waals surface area contributed by atoms with Crippen LogP contribution in [0, 0.1) is 0 Å². The summed E-state index contributed by atoms with van der Waals surface area (Å²) in [6, 6.07) is 0. The van der Waals surface area contributed by atoms with Crippen molar-refractivity contribution in [3.8, 4) is 0 Å². The van der Waals surface area contributed by atoms with E-state index in [1.807, 2.05) is 0 Å². The molecule has 1 atom stereocenters. The summed E-state index contributed by atoms with van der Waals surface area (Å²) in [6.07, 6.45) is 4.86. The fourth-order valence-corrected chi connectivity index (χ4v) is 2.29. The molecular formula is C14H30N2O. The van der Waals surface area contributed by atoms with E-state index in [9.17, 15) is 0 Å². The number of nitrogens with zero attached hydrogens (tertiary/aromatic N) is 1. The minimum absolute atomic E-state index is 0.292. The van der Waals surface area contributed by atoms with Gasteiger partial charge in [0.1, 0.15) is 0 Å². The normalized spacial score (nSPS) is 27.0. The molecule has 1 heterocycles. The van der Waals surface area contributed by atoms with Gasteiger partial charge in [0.15, 0.2) is 0 Å². The van der Waals surface area contributed by atoms with E-state index in [0.717, 1.165) is 32.8 Å². The van der Waals surface area contributed by atoms with Gasteiger partial charge in [-0.25, -0.2) is 0 Å². The second kappa shape index (κ2) is 8.06. The molecule has 0 aromatic carbocycles. The second-order valence-electron chi connectivity index (χ2n) is 5.44. The highest BCUT2D eigenvalue weighted by Gasteiger charge is 2.26. The Morgan fingerprint density at radius 2 is 2.12 bits per heavy atom. The molecule has 1 fully saturated rings. The van der Waals surface area contributed by atoms with E-state index in [1.165, 1.54) is 32.2 Å². The fraction of sp³-hybridized carbons (Fsp3) is 1.00. The van der Waals surface area contributed by atoms with Gasteiger partial charge in [0.25, 0.3) is 0 Å². The molecule has 1 N–H and O–H groups in total. The molecule has 3 nitrogen and oxygen atoms in total. The standard InChI is InChI=1S/C14H30N2O/c1-4-6-11-17-12-10-16-9-7-8-15-14(3,5-2)13-16/h15H,4-13H2,1-3H3. The van der Waals surface area contributed by atoms with Gasteiger partial charge >= 0.3 is 0 Å². The lowest BCUT2D eigenvalue weighted by Gasteiger charge is -2.32. The maximum atomic E-state index is 5.66. The minimum Gasteiger partial charge on any atom is -0.380 e. The number of nitrogens with one attached hydrogen (secondary N) is 1. The molecule has 0 aliphatic carbocycles. The summed E-state index contributed by atoms with van der Waals surface area (Å²) in [7, 11) is 0. The molecule has 0 aromatic heterocycles. The quantitative estimate of drug-likeness (QED) is 0.693. The van der Waals surface area contributed by atoms with Crippen molar-refractivity contribution in [2.24, 2.45) is 0 Å². The fourth-order valence-electron chi connectivity index (χ4n) is 2.29. The maximum Gasteiger partial charge on any atom is 0.0593 e. The van der Waals surface area contributed by atoms with E-state index < -0.39 is 0 Å². The molecule has 102 valence electrons. The molecule has 0 saturated carbocycles. The van der Waals surface area contributed by atoms with Crippen LogP contribution in [0.15, 0.2) is 0 Å². The second-order valence-corrected chi connectivity index (χ2v) is 5.44. The van der Waals surface area contributed by atoms with Crippen molar-refractivity contribution in [3.05, 3.63) is 0 Å². The molecule has 1 rings (SSSR count). The van der Waals surface area contributed by atoms with Crippen LogP contribution in [0.2, 0.25) is 0 Å². The Balaban J connectivity index is 2.22. The van der Waals surface area contributed by atoms with E-state index in [0.29, 0.717) is 5.54 Å². The van der Waals surface area contributed by atoms with Crippen LogP contribution in [0.1, 0.15) is 46.5 Å². The Labute approximate surface area is 107 Å². The Morgan fingerprint density at radius 1 is 1.29 bits per heavy atom. The Bertz CT molecular complexity index is 199. The van der Waals surface area contributed by atoms with Crippen LogP contribution in [-0.4, -0.2) is 49.8 Å². The van der Waals surface area contributed by atoms with Gasteiger partial charge < -0.3 is 10.1 Å². The van der Waals surface area contributed by atoms with E-state index >= 15 is 0 Å². The van der Waals surface area contributed by atoms with Gasteiger partial charge in [-0.15, -0.1) is 0 Å². The number of ether oxygens (including phenoxy) is 1. The summed E-state index contributed by atoms with van der Waals surface area (Å²) in [5, 5.41) is 3.67. The van der Waals surface area contributed by atoms with E-state index in [4.69, 9.17) is 4.74 Å². The number of unbranched alkanes of at least 4 members (excludes halogenated alkanes) is 1. The first-order valence-electron chi connectivity index (χ1n) is 7.25. The molecule has 1 aliphatic rings. The highest BCUT2D eigenvalue weighted by molar-refractivity contribution is 4.87. The summed E-state index contributed by atoms with van der Waals surface area (Å²) in [5.41, 5.74) is 0.292. The van der Waals surface area contributed by atoms with Gasteiger partial charge in [-0.3, -0.25) is 4.90 Å². The lowest BCUT2D eigenvalue weighted by atomic mass is 9.99. The summed E-state index contributed by atoms with van der Waals surface area (Å²) >= 11 is 0. The molecule has 1 unspecified atom stereocenters. The molecule has 17 heavy (non-hydrogen) atoms. The van der Waals surface area contributed by atoms with Gasteiger partial charge in [0.05, 0.1) is 6.61 Å². The Hall–Kier alpha value is -0.120. The van der Waals surface area contributed by atoms with Gasteiger partial charge in [0.2, 0.25) is 0 Å². The lowest BCUT2D eigenvalue weighted by Crippen LogP contribution is -2.49. The zero-order chi connectivity index (χ0) is 12.6. The first-order chi connectivity index (χ1) is 8.20. The molecule has 0 amide bonds. The van der Waals surface area contributed by atoms with Gasteiger partial charge in [0, 0.05) is 25.2 Å². The highest BCUT2D eigenvalue weighted by Crippen LogP contribution is 2.14. The topological polar surface area (TPSA) is 24.5 Å². The molecular weight excluding hydrogens is 212 g/mol. The molecule has 0 bridgehead atoms. The highest BCUT2D eigenvalue weighted by atomic mass is 16.5. The van der Waals surface area contributed by atoms with Crippen LogP contribution in [0.5, 0.6) is 0 Å². The maximum absolute atomic E-state index is 5.66. The first-order valence-corrected chi connectivity index (χ1v) is 7.25. The summed E-state index contributed by atoms with van der Waals surface area (Å²) < 4.78 is 5.66. The van der Waals surface area contributed by atoms with Crippen molar-refractivity contribution in [1.82, 2.24) is 10.2 Å². The van der Waals surface area contributed by atoms with Crippen molar-refractivity contribution in [2.45, 2.75) is 52.0 Å². The third kappa shape index (κ3) is 5.84. The predicted octanol–water partition coefficient (Wildman–Crippen LogP) is 2.27. The Kier molecular flexibility index (Phi) is 7.09. The largest absolute Gasteiger partial charge is 0.380 e. The summed E-state index contributed by atoms with van der Waals surface area (Å²) in [4.78, 5) is 2.55. The molecule has 3 heteroatoms. The van der Waals surface area contributed by atoms with Gasteiger partial charge in [-0.1, -0.05) is 20.3 Å². The average Bonchev–Trinajstić information content (AvgIpc) is 2.52. The predicted molar refractivity (Wildman–Crippen MR) is 73.5 cm³/mol. The van der Waals surface area contributed by atoms with E-state index in [1.54, 1.807) is 0 Å². The van der Waals surface area contributed by atoms with Crippen molar-refractivity contribution >= 4 is 0 Å².